The summed E-state index contributed by atoms with van der Waals surface area (Å²) < 4.78 is 11.7. The number of hydrogen-bond donors (Lipinski definition) is 0. The molecule has 2 aromatic carbocycles. The molecule has 0 amide bonds. The molecule has 0 aliphatic rings. The number of hydrogen-bond acceptors (Lipinski definition) is 2. The van der Waals surface area contributed by atoms with Crippen LogP contribution in [0.2, 0.25) is 0 Å². The quantitative estimate of drug-likeness (QED) is 0.602. The number of allylic oxidation sites excluding steroid dienone is 3. The van der Waals surface area contributed by atoms with E-state index >= 15 is 0 Å². The Labute approximate surface area is 139 Å². The third-order valence-electron chi connectivity index (χ3n) is 3.33. The Hall–Kier alpha value is -2.48. The Balaban J connectivity index is 1.96. The lowest BCUT2D eigenvalue weighted by molar-refractivity contribution is 0.269. The first-order chi connectivity index (χ1) is 11.1. The van der Waals surface area contributed by atoms with Crippen LogP contribution in [0.5, 0.6) is 17.2 Å². The molecule has 120 valence electrons. The maximum absolute atomic E-state index is 5.89. The predicted octanol–water partition coefficient (Wildman–Crippen LogP) is 6.08. The van der Waals surface area contributed by atoms with E-state index in [0.29, 0.717) is 0 Å². The molecule has 2 nitrogen and oxygen atoms in total. The first-order valence-electron chi connectivity index (χ1n) is 7.89. The normalized spacial score (nSPS) is 13.1. The van der Waals surface area contributed by atoms with E-state index in [2.05, 4.69) is 26.0 Å². The monoisotopic (exact) mass is 308 g/mol. The van der Waals surface area contributed by atoms with Crippen molar-refractivity contribution >= 4 is 0 Å². The minimum Gasteiger partial charge on any atom is -0.487 e. The van der Waals surface area contributed by atoms with Crippen molar-refractivity contribution in [2.24, 2.45) is 0 Å². The van der Waals surface area contributed by atoms with Gasteiger partial charge in [0.1, 0.15) is 23.4 Å². The van der Waals surface area contributed by atoms with Crippen molar-refractivity contribution in [3.63, 3.8) is 0 Å². The fourth-order valence-electron chi connectivity index (χ4n) is 2.27. The van der Waals surface area contributed by atoms with Crippen molar-refractivity contribution in [1.82, 2.24) is 0 Å². The Morgan fingerprint density at radius 2 is 1.43 bits per heavy atom. The van der Waals surface area contributed by atoms with Crippen molar-refractivity contribution in [1.29, 1.82) is 0 Å². The van der Waals surface area contributed by atoms with Gasteiger partial charge in [0.15, 0.2) is 0 Å². The van der Waals surface area contributed by atoms with E-state index < -0.39 is 0 Å². The van der Waals surface area contributed by atoms with Gasteiger partial charge in [-0.2, -0.15) is 0 Å². The predicted molar refractivity (Wildman–Crippen MR) is 96.4 cm³/mol. The van der Waals surface area contributed by atoms with Crippen LogP contribution in [0.1, 0.15) is 26.3 Å². The van der Waals surface area contributed by atoms with E-state index in [1.54, 1.807) is 0 Å². The van der Waals surface area contributed by atoms with Crippen LogP contribution in [0.25, 0.3) is 0 Å². The fourth-order valence-corrected chi connectivity index (χ4v) is 2.27. The summed E-state index contributed by atoms with van der Waals surface area (Å²) in [7, 11) is 0. The zero-order valence-electron chi connectivity index (χ0n) is 14.2. The van der Waals surface area contributed by atoms with E-state index in [-0.39, 0.29) is 6.10 Å². The van der Waals surface area contributed by atoms with Gasteiger partial charge in [-0.15, -0.1) is 0 Å². The highest BCUT2D eigenvalue weighted by Gasteiger charge is 2.02. The van der Waals surface area contributed by atoms with Gasteiger partial charge in [0, 0.05) is 0 Å². The second-order valence-corrected chi connectivity index (χ2v) is 5.62. The van der Waals surface area contributed by atoms with E-state index in [4.69, 9.17) is 9.47 Å². The Morgan fingerprint density at radius 1 is 0.913 bits per heavy atom. The summed E-state index contributed by atoms with van der Waals surface area (Å²) in [6, 6.07) is 15.7. The van der Waals surface area contributed by atoms with E-state index in [1.807, 2.05) is 68.5 Å². The van der Waals surface area contributed by atoms with Gasteiger partial charge in [-0.1, -0.05) is 35.4 Å². The van der Waals surface area contributed by atoms with Gasteiger partial charge in [0.2, 0.25) is 0 Å². The van der Waals surface area contributed by atoms with Crippen LogP contribution in [0.4, 0.5) is 0 Å². The maximum Gasteiger partial charge on any atom is 0.127 e. The third-order valence-corrected chi connectivity index (χ3v) is 3.33. The van der Waals surface area contributed by atoms with Gasteiger partial charge in [0.25, 0.3) is 0 Å². The topological polar surface area (TPSA) is 18.5 Å². The molecule has 0 aliphatic heterocycles. The molecule has 2 rings (SSSR count). The van der Waals surface area contributed by atoms with Crippen molar-refractivity contribution in [3.05, 3.63) is 77.9 Å². The molecule has 0 heterocycles. The zero-order chi connectivity index (χ0) is 16.7. The van der Waals surface area contributed by atoms with Gasteiger partial charge in [-0.05, 0) is 70.2 Å². The van der Waals surface area contributed by atoms with E-state index in [0.717, 1.165) is 17.2 Å². The lowest BCUT2D eigenvalue weighted by atomic mass is 10.2. The van der Waals surface area contributed by atoms with Crippen LogP contribution in [0, 0.1) is 6.92 Å². The van der Waals surface area contributed by atoms with Gasteiger partial charge < -0.3 is 9.47 Å². The van der Waals surface area contributed by atoms with Gasteiger partial charge in [-0.25, -0.2) is 0 Å². The largest absolute Gasteiger partial charge is 0.487 e. The van der Waals surface area contributed by atoms with E-state index in [9.17, 15) is 0 Å². The molecule has 0 aromatic heterocycles. The number of benzene rings is 2. The molecule has 2 aromatic rings. The van der Waals surface area contributed by atoms with Gasteiger partial charge in [-0.3, -0.25) is 0 Å². The first-order valence-corrected chi connectivity index (χ1v) is 7.89. The molecule has 2 heteroatoms. The van der Waals surface area contributed by atoms with Crippen LogP contribution in [0.3, 0.4) is 0 Å². The van der Waals surface area contributed by atoms with Crippen LogP contribution >= 0.6 is 0 Å². The third kappa shape index (κ3) is 5.67. The highest BCUT2D eigenvalue weighted by Crippen LogP contribution is 2.24. The van der Waals surface area contributed by atoms with Crippen molar-refractivity contribution in [2.45, 2.75) is 33.8 Å². The average molecular weight is 308 g/mol. The molecule has 0 radical (unpaired) electrons. The summed E-state index contributed by atoms with van der Waals surface area (Å²) in [4.78, 5) is 0. The van der Waals surface area contributed by atoms with Crippen molar-refractivity contribution < 1.29 is 9.47 Å². The average Bonchev–Trinajstić information content (AvgIpc) is 2.51. The molecule has 0 aliphatic carbocycles. The Bertz CT molecular complexity index is 664. The molecule has 0 saturated heterocycles. The van der Waals surface area contributed by atoms with Crippen LogP contribution in [-0.2, 0) is 0 Å². The zero-order valence-corrected chi connectivity index (χ0v) is 14.2. The lowest BCUT2D eigenvalue weighted by Crippen LogP contribution is -2.08. The molecule has 0 saturated carbocycles. The number of rotatable bonds is 6. The fraction of sp³-hybridized carbons (Fsp3) is 0.238. The van der Waals surface area contributed by atoms with Crippen LogP contribution in [0.15, 0.2) is 72.3 Å². The summed E-state index contributed by atoms with van der Waals surface area (Å²) in [6.45, 7) is 8.17. The van der Waals surface area contributed by atoms with E-state index in [1.165, 1.54) is 11.1 Å². The maximum atomic E-state index is 5.89. The second kappa shape index (κ2) is 8.23. The molecule has 1 unspecified atom stereocenters. The van der Waals surface area contributed by atoms with Gasteiger partial charge in [0.05, 0.1) is 0 Å². The smallest absolute Gasteiger partial charge is 0.127 e. The molecule has 23 heavy (non-hydrogen) atoms. The lowest BCUT2D eigenvalue weighted by Gasteiger charge is -2.12. The minimum absolute atomic E-state index is 0.0232. The summed E-state index contributed by atoms with van der Waals surface area (Å²) in [5, 5.41) is 0. The molecular formula is C21H24O2. The Kier molecular flexibility index (Phi) is 6.04. The first kappa shape index (κ1) is 16.9. The summed E-state index contributed by atoms with van der Waals surface area (Å²) in [5.41, 5.74) is 2.41. The molecule has 0 spiro atoms. The molecule has 1 atom stereocenters. The number of ether oxygens (including phenoxy) is 2. The Morgan fingerprint density at radius 3 is 2.00 bits per heavy atom. The summed E-state index contributed by atoms with van der Waals surface area (Å²) >= 11 is 0. The molecule has 0 bridgehead atoms. The highest BCUT2D eigenvalue weighted by atomic mass is 16.5. The minimum atomic E-state index is 0.0232. The number of aryl methyl sites for hydroxylation is 1. The van der Waals surface area contributed by atoms with Crippen LogP contribution in [-0.4, -0.2) is 6.10 Å². The summed E-state index contributed by atoms with van der Waals surface area (Å²) in [5.74, 6) is 2.47. The molecular weight excluding hydrogens is 284 g/mol. The molecule has 0 N–H and O–H groups in total. The van der Waals surface area contributed by atoms with Crippen molar-refractivity contribution in [2.75, 3.05) is 0 Å². The van der Waals surface area contributed by atoms with Gasteiger partial charge >= 0.3 is 0 Å². The molecule has 0 fully saturated rings. The standard InChI is InChI=1S/C21H24O2/c1-5-6-17(3)15-18(4)22-19-11-13-21(14-12-19)23-20-9-7-16(2)8-10-20/h5-15,18H,1-4H3/b6-5-,17-15-. The highest BCUT2D eigenvalue weighted by molar-refractivity contribution is 5.36. The van der Waals surface area contributed by atoms with Crippen molar-refractivity contribution in [3.8, 4) is 17.2 Å². The SMILES string of the molecule is C/C=C\C(C)=C/C(C)Oc1ccc(Oc2ccc(C)cc2)cc1. The van der Waals surface area contributed by atoms with Crippen LogP contribution < -0.4 is 9.47 Å². The second-order valence-electron chi connectivity index (χ2n) is 5.62. The summed E-state index contributed by atoms with van der Waals surface area (Å²) in [6.07, 6.45) is 6.21.